The Bertz CT molecular complexity index is 672. The molecule has 3 heteroatoms. The maximum atomic E-state index is 12.6. The Balaban J connectivity index is 2.16. The van der Waals surface area contributed by atoms with E-state index in [-0.39, 0.29) is 5.78 Å². The van der Waals surface area contributed by atoms with Crippen LogP contribution in [-0.2, 0) is 0 Å². The predicted molar refractivity (Wildman–Crippen MR) is 112 cm³/mol. The fourth-order valence-corrected chi connectivity index (χ4v) is 3.20. The zero-order chi connectivity index (χ0) is 18.8. The third kappa shape index (κ3) is 5.62. The van der Waals surface area contributed by atoms with E-state index >= 15 is 0 Å². The number of benzene rings is 2. The van der Waals surface area contributed by atoms with Crippen molar-refractivity contribution >= 4 is 17.2 Å². The minimum Gasteiger partial charge on any atom is -0.397 e. The lowest BCUT2D eigenvalue weighted by molar-refractivity contribution is 0.103. The van der Waals surface area contributed by atoms with Crippen molar-refractivity contribution in [1.29, 1.82) is 0 Å². The van der Waals surface area contributed by atoms with Gasteiger partial charge in [0.05, 0.1) is 11.4 Å². The van der Waals surface area contributed by atoms with Crippen LogP contribution < -0.4 is 10.6 Å². The Morgan fingerprint density at radius 3 is 2.00 bits per heavy atom. The Morgan fingerprint density at radius 1 is 0.846 bits per heavy atom. The summed E-state index contributed by atoms with van der Waals surface area (Å²) in [5.41, 5.74) is 9.45. The molecule has 26 heavy (non-hydrogen) atoms. The molecule has 2 rings (SSSR count). The summed E-state index contributed by atoms with van der Waals surface area (Å²) in [6.45, 7) is 6.49. The van der Waals surface area contributed by atoms with E-state index < -0.39 is 0 Å². The van der Waals surface area contributed by atoms with E-state index in [4.69, 9.17) is 5.73 Å². The Morgan fingerprint density at radius 2 is 1.46 bits per heavy atom. The van der Waals surface area contributed by atoms with E-state index in [1.54, 1.807) is 0 Å². The second-order valence-corrected chi connectivity index (χ2v) is 6.87. The molecule has 2 N–H and O–H groups in total. The van der Waals surface area contributed by atoms with Crippen LogP contribution in [0.3, 0.4) is 0 Å². The molecule has 0 aromatic heterocycles. The Kier molecular flexibility index (Phi) is 8.20. The number of unbranched alkanes of at least 4 members (excludes halogenated alkanes) is 4. The second-order valence-electron chi connectivity index (χ2n) is 6.87. The van der Waals surface area contributed by atoms with Gasteiger partial charge in [-0.05, 0) is 31.0 Å². The van der Waals surface area contributed by atoms with Crippen molar-refractivity contribution in [2.75, 3.05) is 23.7 Å². The van der Waals surface area contributed by atoms with Crippen molar-refractivity contribution in [3.8, 4) is 0 Å². The predicted octanol–water partition coefficient (Wildman–Crippen LogP) is 5.69. The molecular weight excluding hydrogens is 320 g/mol. The topological polar surface area (TPSA) is 46.3 Å². The van der Waals surface area contributed by atoms with Crippen LogP contribution in [0.15, 0.2) is 48.5 Å². The molecule has 3 nitrogen and oxygen atoms in total. The first-order chi connectivity index (χ1) is 12.7. The van der Waals surface area contributed by atoms with E-state index in [0.717, 1.165) is 18.8 Å². The summed E-state index contributed by atoms with van der Waals surface area (Å²) >= 11 is 0. The highest BCUT2D eigenvalue weighted by atomic mass is 16.1. The van der Waals surface area contributed by atoms with Gasteiger partial charge >= 0.3 is 0 Å². The molecule has 0 radical (unpaired) electrons. The van der Waals surface area contributed by atoms with Gasteiger partial charge in [-0.25, -0.2) is 0 Å². The number of rotatable bonds is 11. The molecule has 0 heterocycles. The first-order valence-electron chi connectivity index (χ1n) is 9.91. The van der Waals surface area contributed by atoms with Crippen LogP contribution in [0.1, 0.15) is 68.3 Å². The van der Waals surface area contributed by atoms with E-state index in [0.29, 0.717) is 16.8 Å². The van der Waals surface area contributed by atoms with Crippen LogP contribution in [0, 0.1) is 0 Å². The van der Waals surface area contributed by atoms with E-state index in [1.807, 2.05) is 48.5 Å². The summed E-state index contributed by atoms with van der Waals surface area (Å²) in [6.07, 6.45) is 7.23. The molecule has 0 aliphatic carbocycles. The molecular formula is C23H32N2O. The van der Waals surface area contributed by atoms with Gasteiger partial charge in [-0.15, -0.1) is 0 Å². The molecule has 0 aliphatic heterocycles. The second kappa shape index (κ2) is 10.6. The molecule has 2 aromatic rings. The lowest BCUT2D eigenvalue weighted by atomic mass is 10.0. The van der Waals surface area contributed by atoms with Crippen LogP contribution in [0.5, 0.6) is 0 Å². The number of anilines is 2. The third-order valence-electron chi connectivity index (χ3n) is 4.73. The summed E-state index contributed by atoms with van der Waals surface area (Å²) in [7, 11) is 0. The first kappa shape index (κ1) is 20.0. The minimum absolute atomic E-state index is 0.0207. The van der Waals surface area contributed by atoms with Gasteiger partial charge in [0.2, 0.25) is 0 Å². The van der Waals surface area contributed by atoms with Crippen molar-refractivity contribution in [1.82, 2.24) is 0 Å². The van der Waals surface area contributed by atoms with Gasteiger partial charge in [0, 0.05) is 24.2 Å². The van der Waals surface area contributed by atoms with Gasteiger partial charge in [0.25, 0.3) is 0 Å². The number of nitrogen functional groups attached to an aromatic ring is 1. The SMILES string of the molecule is CCCCCN(CCCCC)c1ccc(C(=O)c2ccccc2)cc1N. The van der Waals surface area contributed by atoms with Crippen LogP contribution >= 0.6 is 0 Å². The molecule has 0 unspecified atom stereocenters. The minimum atomic E-state index is 0.0207. The Hall–Kier alpha value is -2.29. The number of nitrogens with two attached hydrogens (primary N) is 1. The van der Waals surface area contributed by atoms with Gasteiger partial charge < -0.3 is 10.6 Å². The summed E-state index contributed by atoms with van der Waals surface area (Å²) in [6, 6.07) is 15.1. The van der Waals surface area contributed by atoms with Crippen molar-refractivity contribution in [2.45, 2.75) is 52.4 Å². The average molecular weight is 353 g/mol. The van der Waals surface area contributed by atoms with Gasteiger partial charge in [-0.2, -0.15) is 0 Å². The number of nitrogens with zero attached hydrogens (tertiary/aromatic N) is 1. The number of carbonyl (C=O) groups is 1. The molecule has 0 amide bonds. The third-order valence-corrected chi connectivity index (χ3v) is 4.73. The lowest BCUT2D eigenvalue weighted by Gasteiger charge is -2.26. The highest BCUT2D eigenvalue weighted by molar-refractivity contribution is 6.09. The normalized spacial score (nSPS) is 10.7. The van der Waals surface area contributed by atoms with Crippen LogP contribution in [0.25, 0.3) is 0 Å². The highest BCUT2D eigenvalue weighted by Crippen LogP contribution is 2.26. The van der Waals surface area contributed by atoms with E-state index in [1.165, 1.54) is 38.5 Å². The smallest absolute Gasteiger partial charge is 0.193 e. The molecule has 140 valence electrons. The molecule has 2 aromatic carbocycles. The Labute approximate surface area is 158 Å². The molecule has 0 saturated carbocycles. The van der Waals surface area contributed by atoms with Gasteiger partial charge in [-0.3, -0.25) is 4.79 Å². The summed E-state index contributed by atoms with van der Waals surface area (Å²) in [5.74, 6) is 0.0207. The lowest BCUT2D eigenvalue weighted by Crippen LogP contribution is -2.26. The van der Waals surface area contributed by atoms with Gasteiger partial charge in [0.1, 0.15) is 0 Å². The fourth-order valence-electron chi connectivity index (χ4n) is 3.20. The number of hydrogen-bond acceptors (Lipinski definition) is 3. The van der Waals surface area contributed by atoms with Crippen LogP contribution in [0.2, 0.25) is 0 Å². The fraction of sp³-hybridized carbons (Fsp3) is 0.435. The van der Waals surface area contributed by atoms with Crippen molar-refractivity contribution < 1.29 is 4.79 Å². The van der Waals surface area contributed by atoms with Crippen LogP contribution in [-0.4, -0.2) is 18.9 Å². The number of ketones is 1. The number of carbonyl (C=O) groups excluding carboxylic acids is 1. The summed E-state index contributed by atoms with van der Waals surface area (Å²) < 4.78 is 0. The maximum absolute atomic E-state index is 12.6. The van der Waals surface area contributed by atoms with Crippen molar-refractivity contribution in [3.05, 3.63) is 59.7 Å². The zero-order valence-corrected chi connectivity index (χ0v) is 16.2. The standard InChI is InChI=1S/C23H32N2O/c1-3-5-10-16-25(17-11-6-4-2)22-15-14-20(18-21(22)24)23(26)19-12-8-7-9-13-19/h7-9,12-15,18H,3-6,10-11,16-17,24H2,1-2H3. The number of hydrogen-bond donors (Lipinski definition) is 1. The average Bonchev–Trinajstić information content (AvgIpc) is 2.67. The van der Waals surface area contributed by atoms with Crippen molar-refractivity contribution in [2.24, 2.45) is 0 Å². The largest absolute Gasteiger partial charge is 0.397 e. The monoisotopic (exact) mass is 352 g/mol. The van der Waals surface area contributed by atoms with E-state index in [2.05, 4.69) is 18.7 Å². The molecule has 0 fully saturated rings. The van der Waals surface area contributed by atoms with E-state index in [9.17, 15) is 4.79 Å². The van der Waals surface area contributed by atoms with Crippen LogP contribution in [0.4, 0.5) is 11.4 Å². The molecule has 0 bridgehead atoms. The van der Waals surface area contributed by atoms with Gasteiger partial charge in [-0.1, -0.05) is 69.9 Å². The molecule has 0 aliphatic rings. The maximum Gasteiger partial charge on any atom is 0.193 e. The van der Waals surface area contributed by atoms with Crippen molar-refractivity contribution in [3.63, 3.8) is 0 Å². The zero-order valence-electron chi connectivity index (χ0n) is 16.2. The molecule has 0 saturated heterocycles. The summed E-state index contributed by atoms with van der Waals surface area (Å²) in [4.78, 5) is 15.0. The first-order valence-corrected chi connectivity index (χ1v) is 9.91. The summed E-state index contributed by atoms with van der Waals surface area (Å²) in [5, 5.41) is 0. The highest BCUT2D eigenvalue weighted by Gasteiger charge is 2.14. The molecule has 0 atom stereocenters. The van der Waals surface area contributed by atoms with Gasteiger partial charge in [0.15, 0.2) is 5.78 Å². The molecule has 0 spiro atoms. The quantitative estimate of drug-likeness (QED) is 0.321.